The summed E-state index contributed by atoms with van der Waals surface area (Å²) in [6.45, 7) is 9.62. The van der Waals surface area contributed by atoms with E-state index >= 15 is 0 Å². The first kappa shape index (κ1) is 15.4. The van der Waals surface area contributed by atoms with Crippen LogP contribution in [0.2, 0.25) is 0 Å². The Hall–Kier alpha value is -1.62. The maximum Gasteiger partial charge on any atom is 0.269 e. The minimum Gasteiger partial charge on any atom is -0.493 e. The summed E-state index contributed by atoms with van der Waals surface area (Å²) < 4.78 is 5.70. The average Bonchev–Trinajstić information content (AvgIpc) is 2.34. The van der Waals surface area contributed by atoms with Crippen molar-refractivity contribution in [2.45, 2.75) is 33.7 Å². The van der Waals surface area contributed by atoms with Gasteiger partial charge in [0.15, 0.2) is 0 Å². The molecule has 1 atom stereocenters. The molecule has 19 heavy (non-hydrogen) atoms. The lowest BCUT2D eigenvalue weighted by Crippen LogP contribution is -2.30. The van der Waals surface area contributed by atoms with Crippen LogP contribution in [0.15, 0.2) is 18.2 Å². The fraction of sp³-hybridized carbons (Fsp3) is 0.571. The van der Waals surface area contributed by atoms with Crippen LogP contribution in [0.4, 0.5) is 5.69 Å². The summed E-state index contributed by atoms with van der Waals surface area (Å²) in [6, 6.07) is 5.13. The molecule has 1 unspecified atom stereocenters. The van der Waals surface area contributed by atoms with Gasteiger partial charge in [-0.05, 0) is 18.6 Å². The molecule has 0 spiro atoms. The molecule has 0 heterocycles. The predicted molar refractivity (Wildman–Crippen MR) is 75.6 cm³/mol. The van der Waals surface area contributed by atoms with E-state index in [-0.39, 0.29) is 5.69 Å². The van der Waals surface area contributed by atoms with Gasteiger partial charge >= 0.3 is 0 Å². The van der Waals surface area contributed by atoms with E-state index in [2.05, 4.69) is 26.1 Å². The fourth-order valence-electron chi connectivity index (χ4n) is 1.64. The summed E-state index contributed by atoms with van der Waals surface area (Å²) in [7, 11) is 0. The van der Waals surface area contributed by atoms with Crippen LogP contribution < -0.4 is 10.1 Å². The van der Waals surface area contributed by atoms with Crippen LogP contribution >= 0.6 is 0 Å². The number of nitrogens with one attached hydrogen (secondary N) is 1. The van der Waals surface area contributed by atoms with Gasteiger partial charge in [0.05, 0.1) is 11.5 Å². The second-order valence-electron chi connectivity index (χ2n) is 5.19. The summed E-state index contributed by atoms with van der Waals surface area (Å²) in [4.78, 5) is 10.2. The van der Waals surface area contributed by atoms with Crippen LogP contribution in [0.3, 0.4) is 0 Å². The first-order valence-corrected chi connectivity index (χ1v) is 6.51. The number of benzene rings is 1. The molecule has 5 nitrogen and oxygen atoms in total. The van der Waals surface area contributed by atoms with E-state index < -0.39 is 4.92 Å². The minimum atomic E-state index is -0.397. The Balaban J connectivity index is 2.51. The second kappa shape index (κ2) is 7.09. The van der Waals surface area contributed by atoms with Gasteiger partial charge in [-0.15, -0.1) is 0 Å². The number of hydrogen-bond acceptors (Lipinski definition) is 4. The molecule has 0 bridgehead atoms. The number of hydrogen-bond donors (Lipinski definition) is 1. The van der Waals surface area contributed by atoms with Crippen molar-refractivity contribution in [1.29, 1.82) is 0 Å². The maximum atomic E-state index is 10.6. The summed E-state index contributed by atoms with van der Waals surface area (Å²) in [5.74, 6) is 1.10. The van der Waals surface area contributed by atoms with Gasteiger partial charge in [-0.1, -0.05) is 20.8 Å². The van der Waals surface area contributed by atoms with Gasteiger partial charge in [-0.25, -0.2) is 0 Å². The molecule has 0 aliphatic heterocycles. The number of nitrogens with zero attached hydrogens (tertiary/aromatic N) is 1. The highest BCUT2D eigenvalue weighted by Crippen LogP contribution is 2.23. The molecular weight excluding hydrogens is 244 g/mol. The van der Waals surface area contributed by atoms with Gasteiger partial charge < -0.3 is 10.1 Å². The normalized spacial score (nSPS) is 12.5. The number of nitro benzene ring substituents is 1. The lowest BCUT2D eigenvalue weighted by Gasteiger charge is -2.16. The average molecular weight is 266 g/mol. The Morgan fingerprint density at radius 1 is 1.37 bits per heavy atom. The van der Waals surface area contributed by atoms with Gasteiger partial charge in [0, 0.05) is 30.6 Å². The Bertz CT molecular complexity index is 433. The number of rotatable bonds is 7. The van der Waals surface area contributed by atoms with Crippen molar-refractivity contribution in [3.63, 3.8) is 0 Å². The third-order valence-electron chi connectivity index (χ3n) is 2.77. The highest BCUT2D eigenvalue weighted by molar-refractivity contribution is 5.42. The summed E-state index contributed by atoms with van der Waals surface area (Å²) in [6.07, 6.45) is 0. The second-order valence-corrected chi connectivity index (χ2v) is 5.19. The van der Waals surface area contributed by atoms with Crippen LogP contribution in [0.1, 0.15) is 26.3 Å². The molecule has 5 heteroatoms. The van der Waals surface area contributed by atoms with Crippen LogP contribution in [-0.2, 0) is 0 Å². The quantitative estimate of drug-likeness (QED) is 0.608. The highest BCUT2D eigenvalue weighted by atomic mass is 16.6. The Labute approximate surface area is 114 Å². The van der Waals surface area contributed by atoms with Crippen LogP contribution in [0.5, 0.6) is 5.75 Å². The molecular formula is C14H22N2O3. The molecule has 0 amide bonds. The molecule has 0 aliphatic carbocycles. The van der Waals surface area contributed by atoms with Gasteiger partial charge in [-0.3, -0.25) is 10.1 Å². The van der Waals surface area contributed by atoms with E-state index in [4.69, 9.17) is 4.74 Å². The predicted octanol–water partition coefficient (Wildman–Crippen LogP) is 2.92. The Morgan fingerprint density at radius 2 is 2.05 bits per heavy atom. The molecule has 0 aliphatic rings. The summed E-state index contributed by atoms with van der Waals surface area (Å²) >= 11 is 0. The van der Waals surface area contributed by atoms with Gasteiger partial charge in [0.1, 0.15) is 5.75 Å². The first-order valence-electron chi connectivity index (χ1n) is 6.51. The molecule has 0 radical (unpaired) electrons. The van der Waals surface area contributed by atoms with Gasteiger partial charge in [0.2, 0.25) is 0 Å². The maximum absolute atomic E-state index is 10.6. The van der Waals surface area contributed by atoms with Crippen LogP contribution in [0, 0.1) is 23.0 Å². The summed E-state index contributed by atoms with van der Waals surface area (Å²) in [5.41, 5.74) is 0.887. The first-order chi connectivity index (χ1) is 8.90. The monoisotopic (exact) mass is 266 g/mol. The number of aryl methyl sites for hydroxylation is 1. The lowest BCUT2D eigenvalue weighted by atomic mass is 10.1. The summed E-state index contributed by atoms with van der Waals surface area (Å²) in [5, 5.41) is 14.0. The van der Waals surface area contributed by atoms with E-state index in [9.17, 15) is 10.1 Å². The molecule has 0 saturated carbocycles. The minimum absolute atomic E-state index is 0.0966. The van der Waals surface area contributed by atoms with Crippen LogP contribution in [0.25, 0.3) is 0 Å². The molecule has 0 aromatic heterocycles. The van der Waals surface area contributed by atoms with Crippen molar-refractivity contribution in [1.82, 2.24) is 5.32 Å². The fourth-order valence-corrected chi connectivity index (χ4v) is 1.64. The van der Waals surface area contributed by atoms with Crippen molar-refractivity contribution >= 4 is 5.69 Å². The van der Waals surface area contributed by atoms with E-state index in [1.54, 1.807) is 6.07 Å². The highest BCUT2D eigenvalue weighted by Gasteiger charge is 2.10. The molecule has 0 fully saturated rings. The van der Waals surface area contributed by atoms with E-state index in [1.165, 1.54) is 12.1 Å². The zero-order chi connectivity index (χ0) is 14.4. The molecule has 1 aromatic carbocycles. The van der Waals surface area contributed by atoms with Gasteiger partial charge in [-0.2, -0.15) is 0 Å². The Kier molecular flexibility index (Phi) is 5.76. The molecule has 1 rings (SSSR count). The largest absolute Gasteiger partial charge is 0.493 e. The zero-order valence-corrected chi connectivity index (χ0v) is 12.0. The van der Waals surface area contributed by atoms with Crippen molar-refractivity contribution in [2.24, 2.45) is 5.92 Å². The topological polar surface area (TPSA) is 64.4 Å². The van der Waals surface area contributed by atoms with Gasteiger partial charge in [0.25, 0.3) is 5.69 Å². The lowest BCUT2D eigenvalue weighted by molar-refractivity contribution is -0.384. The smallest absolute Gasteiger partial charge is 0.269 e. The number of nitro groups is 1. The third kappa shape index (κ3) is 5.26. The van der Waals surface area contributed by atoms with E-state index in [1.807, 2.05) is 6.92 Å². The Morgan fingerprint density at radius 3 is 2.58 bits per heavy atom. The third-order valence-corrected chi connectivity index (χ3v) is 2.77. The number of non-ortho nitro benzene ring substituents is 1. The molecule has 1 N–H and O–H groups in total. The van der Waals surface area contributed by atoms with Crippen molar-refractivity contribution < 1.29 is 9.66 Å². The van der Waals surface area contributed by atoms with E-state index in [0.717, 1.165) is 12.1 Å². The standard InChI is InChI=1S/C14H22N2O3/c1-10(2)15-8-11(3)9-19-14-6-5-13(16(17)18)7-12(14)4/h5-7,10-11,15H,8-9H2,1-4H3. The number of ether oxygens (including phenoxy) is 1. The zero-order valence-electron chi connectivity index (χ0n) is 12.0. The van der Waals surface area contributed by atoms with Crippen molar-refractivity contribution in [3.8, 4) is 5.75 Å². The molecule has 1 aromatic rings. The molecule has 106 valence electrons. The SMILES string of the molecule is Cc1cc([N+](=O)[O-])ccc1OCC(C)CNC(C)C. The van der Waals surface area contributed by atoms with Crippen molar-refractivity contribution in [3.05, 3.63) is 33.9 Å². The molecule has 0 saturated heterocycles. The van der Waals surface area contributed by atoms with E-state index in [0.29, 0.717) is 24.3 Å². The van der Waals surface area contributed by atoms with Crippen molar-refractivity contribution in [2.75, 3.05) is 13.2 Å². The van der Waals surface area contributed by atoms with Crippen LogP contribution in [-0.4, -0.2) is 24.1 Å².